The summed E-state index contributed by atoms with van der Waals surface area (Å²) in [5.41, 5.74) is 0. The average Bonchev–Trinajstić information content (AvgIpc) is 2.45. The minimum atomic E-state index is -1.04. The Morgan fingerprint density at radius 3 is 1.00 bits per heavy atom. The molecule has 0 saturated heterocycles. The number of halogens is 3. The molecular formula is C18H37Cl3Sn. The molecule has 0 aliphatic rings. The SMILES string of the molecule is ClC(Cl)(Cl)CCCCCCCCCCCCCCCC[CH2][SnH3]. The van der Waals surface area contributed by atoms with Crippen LogP contribution in [0.3, 0.4) is 0 Å². The van der Waals surface area contributed by atoms with Gasteiger partial charge in [-0.15, -0.1) is 0 Å². The molecule has 0 rings (SSSR count). The second-order valence-electron chi connectivity index (χ2n) is 6.67. The van der Waals surface area contributed by atoms with Gasteiger partial charge in [0.1, 0.15) is 0 Å². The van der Waals surface area contributed by atoms with Gasteiger partial charge in [-0.25, -0.2) is 0 Å². The number of unbranched alkanes of at least 4 members (excludes halogenated alkanes) is 14. The van der Waals surface area contributed by atoms with Crippen LogP contribution in [-0.4, -0.2) is 26.3 Å². The predicted octanol–water partition coefficient (Wildman–Crippen LogP) is 7.38. The zero-order valence-corrected chi connectivity index (χ0v) is 22.6. The fourth-order valence-corrected chi connectivity index (χ4v) is 4.70. The first-order chi connectivity index (χ1) is 10.6. The monoisotopic (exact) mass is 478 g/mol. The topological polar surface area (TPSA) is 0 Å². The second-order valence-corrected chi connectivity index (χ2v) is 12.0. The number of hydrogen-bond acceptors (Lipinski definition) is 0. The molecule has 0 aliphatic carbocycles. The fourth-order valence-electron chi connectivity index (χ4n) is 2.87. The number of hydrogen-bond donors (Lipinski definition) is 0. The Morgan fingerprint density at radius 1 is 0.455 bits per heavy atom. The van der Waals surface area contributed by atoms with Gasteiger partial charge in [-0.1, -0.05) is 54.1 Å². The van der Waals surface area contributed by atoms with E-state index in [0.717, 1.165) is 28.9 Å². The molecule has 0 unspecified atom stereocenters. The van der Waals surface area contributed by atoms with E-state index < -0.39 is 3.79 Å². The van der Waals surface area contributed by atoms with Crippen LogP contribution in [0.15, 0.2) is 0 Å². The summed E-state index contributed by atoms with van der Waals surface area (Å²) in [7, 11) is 0. The molecule has 0 aliphatic heterocycles. The Labute approximate surface area is 167 Å². The molecule has 0 aromatic rings. The molecule has 0 aromatic heterocycles. The van der Waals surface area contributed by atoms with Crippen molar-refractivity contribution in [1.82, 2.24) is 0 Å². The van der Waals surface area contributed by atoms with Crippen molar-refractivity contribution < 1.29 is 0 Å². The molecule has 0 atom stereocenters. The maximum absolute atomic E-state index is 5.73. The van der Waals surface area contributed by atoms with Gasteiger partial charge in [0.15, 0.2) is 3.79 Å². The van der Waals surface area contributed by atoms with E-state index >= 15 is 0 Å². The van der Waals surface area contributed by atoms with Crippen LogP contribution in [0.1, 0.15) is 103 Å². The Kier molecular flexibility index (Phi) is 18.8. The van der Waals surface area contributed by atoms with Crippen molar-refractivity contribution in [3.63, 3.8) is 0 Å². The molecule has 0 amide bonds. The normalized spacial score (nSPS) is 12.1. The van der Waals surface area contributed by atoms with E-state index in [9.17, 15) is 0 Å². The summed E-state index contributed by atoms with van der Waals surface area (Å²) in [4.78, 5) is 0. The fraction of sp³-hybridized carbons (Fsp3) is 1.00. The molecule has 134 valence electrons. The quantitative estimate of drug-likeness (QED) is 0.123. The summed E-state index contributed by atoms with van der Waals surface area (Å²) in [6.07, 6.45) is 21.6. The Morgan fingerprint density at radius 2 is 0.727 bits per heavy atom. The first kappa shape index (κ1) is 23.7. The molecule has 0 fully saturated rings. The number of alkyl halides is 3. The van der Waals surface area contributed by atoms with Crippen molar-refractivity contribution in [2.24, 2.45) is 0 Å². The van der Waals surface area contributed by atoms with Crippen molar-refractivity contribution >= 4 is 57.3 Å². The molecule has 0 heterocycles. The van der Waals surface area contributed by atoms with Gasteiger partial charge >= 0.3 is 97.6 Å². The Hall–Kier alpha value is 1.67. The van der Waals surface area contributed by atoms with E-state index in [-0.39, 0.29) is 0 Å². The van der Waals surface area contributed by atoms with Gasteiger partial charge in [0, 0.05) is 0 Å². The predicted molar refractivity (Wildman–Crippen MR) is 109 cm³/mol. The standard InChI is InChI=1S/C18H34Cl3.Sn.3H/c1-2-3-4-5-6-7-8-9-10-11-12-13-14-15-16-17-18(19,20)21;;;;/h1-17H2;;;;. The molecule has 0 radical (unpaired) electrons. The molecule has 22 heavy (non-hydrogen) atoms. The summed E-state index contributed by atoms with van der Waals surface area (Å²) in [5, 5.41) is 0. The van der Waals surface area contributed by atoms with Gasteiger partial charge in [-0.3, -0.25) is 0 Å². The van der Waals surface area contributed by atoms with Crippen LogP contribution in [0.2, 0.25) is 4.44 Å². The van der Waals surface area contributed by atoms with Gasteiger partial charge < -0.3 is 0 Å². The van der Waals surface area contributed by atoms with E-state index in [1.54, 1.807) is 4.44 Å². The zero-order valence-electron chi connectivity index (χ0n) is 14.7. The minimum absolute atomic E-state index is 0.693. The molecule has 4 heteroatoms. The first-order valence-corrected chi connectivity index (χ1v) is 14.8. The molecular weight excluding hydrogens is 441 g/mol. The zero-order chi connectivity index (χ0) is 16.5. The summed E-state index contributed by atoms with van der Waals surface area (Å²) in [5.74, 6) is 0. The van der Waals surface area contributed by atoms with Crippen LogP contribution >= 0.6 is 34.8 Å². The Bertz CT molecular complexity index is 217. The van der Waals surface area contributed by atoms with Crippen molar-refractivity contribution in [3.8, 4) is 0 Å². The van der Waals surface area contributed by atoms with Gasteiger partial charge in [-0.05, 0) is 12.8 Å². The van der Waals surface area contributed by atoms with Gasteiger partial charge in [0.2, 0.25) is 0 Å². The van der Waals surface area contributed by atoms with Crippen molar-refractivity contribution in [2.45, 2.75) is 111 Å². The van der Waals surface area contributed by atoms with Crippen LogP contribution in [0.25, 0.3) is 0 Å². The molecule has 0 bridgehead atoms. The molecule has 0 aromatic carbocycles. The van der Waals surface area contributed by atoms with E-state index in [1.807, 2.05) is 0 Å². The van der Waals surface area contributed by atoms with Crippen molar-refractivity contribution in [1.29, 1.82) is 0 Å². The maximum atomic E-state index is 5.73. The van der Waals surface area contributed by atoms with Gasteiger partial charge in [0.25, 0.3) is 0 Å². The third kappa shape index (κ3) is 21.7. The first-order valence-electron chi connectivity index (χ1n) is 9.63. The van der Waals surface area contributed by atoms with Crippen LogP contribution < -0.4 is 0 Å². The van der Waals surface area contributed by atoms with Crippen molar-refractivity contribution in [3.05, 3.63) is 0 Å². The molecule has 0 N–H and O–H groups in total. The van der Waals surface area contributed by atoms with Crippen LogP contribution in [0.4, 0.5) is 0 Å². The molecule has 0 nitrogen and oxygen atoms in total. The number of rotatable bonds is 16. The average molecular weight is 479 g/mol. The third-order valence-corrected chi connectivity index (χ3v) is 6.90. The van der Waals surface area contributed by atoms with E-state index in [2.05, 4.69) is 0 Å². The summed E-state index contributed by atoms with van der Waals surface area (Å²) in [6.45, 7) is 0. The molecule has 0 spiro atoms. The second kappa shape index (κ2) is 17.5. The van der Waals surface area contributed by atoms with Crippen LogP contribution in [0.5, 0.6) is 0 Å². The third-order valence-electron chi connectivity index (χ3n) is 4.31. The molecule has 0 saturated carbocycles. The Balaban J connectivity index is 3.00. The van der Waals surface area contributed by atoms with Gasteiger partial charge in [0.05, 0.1) is 0 Å². The summed E-state index contributed by atoms with van der Waals surface area (Å²) < 4.78 is 0.521. The van der Waals surface area contributed by atoms with E-state index in [4.69, 9.17) is 34.8 Å². The van der Waals surface area contributed by atoms with Crippen molar-refractivity contribution in [2.75, 3.05) is 0 Å². The van der Waals surface area contributed by atoms with Crippen LogP contribution in [-0.2, 0) is 0 Å². The summed E-state index contributed by atoms with van der Waals surface area (Å²) in [6, 6.07) is 0. The summed E-state index contributed by atoms with van der Waals surface area (Å²) >= 11 is 18.1. The van der Waals surface area contributed by atoms with E-state index in [1.165, 1.54) is 89.9 Å². The van der Waals surface area contributed by atoms with Crippen LogP contribution in [0, 0.1) is 0 Å². The van der Waals surface area contributed by atoms with E-state index in [0.29, 0.717) is 6.42 Å². The van der Waals surface area contributed by atoms with Gasteiger partial charge in [-0.2, -0.15) is 0 Å².